The van der Waals surface area contributed by atoms with E-state index in [-0.39, 0.29) is 6.04 Å². The van der Waals surface area contributed by atoms with E-state index in [2.05, 4.69) is 41.3 Å². The van der Waals surface area contributed by atoms with Crippen LogP contribution in [-0.2, 0) is 26.4 Å². The third-order valence-electron chi connectivity index (χ3n) is 9.45. The Labute approximate surface area is 299 Å². The van der Waals surface area contributed by atoms with E-state index in [1.54, 1.807) is 4.57 Å². The Morgan fingerprint density at radius 2 is 1.16 bits per heavy atom. The smallest absolute Gasteiger partial charge is 0.419 e. The number of esters is 1. The first-order chi connectivity index (χ1) is 24.8. The van der Waals surface area contributed by atoms with Crippen LogP contribution in [0.5, 0.6) is 0 Å². The molecule has 1 aromatic heterocycles. The van der Waals surface area contributed by atoms with Crippen molar-refractivity contribution in [3.05, 3.63) is 179 Å². The monoisotopic (exact) mass is 678 g/mol. The van der Waals surface area contributed by atoms with Gasteiger partial charge in [-0.3, -0.25) is 4.90 Å². The molecule has 7 rings (SSSR count). The van der Waals surface area contributed by atoms with E-state index < -0.39 is 29.2 Å². The summed E-state index contributed by atoms with van der Waals surface area (Å²) >= 11 is 0. The average Bonchev–Trinajstić information content (AvgIpc) is 3.74. The van der Waals surface area contributed by atoms with Crippen LogP contribution >= 0.6 is 0 Å². The van der Waals surface area contributed by atoms with Crippen LogP contribution in [0, 0.1) is 0 Å². The highest BCUT2D eigenvalue weighted by Crippen LogP contribution is 2.59. The lowest BCUT2D eigenvalue weighted by Gasteiger charge is -2.39. The van der Waals surface area contributed by atoms with Crippen molar-refractivity contribution < 1.29 is 23.8 Å². The maximum atomic E-state index is 14.4. The van der Waals surface area contributed by atoms with Crippen molar-refractivity contribution in [3.63, 3.8) is 0 Å². The molecule has 1 saturated heterocycles. The van der Waals surface area contributed by atoms with E-state index in [1.807, 2.05) is 130 Å². The third-order valence-corrected chi connectivity index (χ3v) is 9.45. The number of aromatic nitrogens is 1. The van der Waals surface area contributed by atoms with Crippen molar-refractivity contribution in [3.8, 4) is 0 Å². The minimum absolute atomic E-state index is 0.275. The van der Waals surface area contributed by atoms with Crippen LogP contribution in [0.4, 0.5) is 4.79 Å². The molecular weight excluding hydrogens is 636 g/mol. The number of benzene rings is 5. The van der Waals surface area contributed by atoms with Gasteiger partial charge in [0.1, 0.15) is 5.60 Å². The number of methoxy groups -OCH3 is 1. The first kappa shape index (κ1) is 34.0. The second-order valence-corrected chi connectivity index (χ2v) is 13.8. The van der Waals surface area contributed by atoms with Gasteiger partial charge in [0.15, 0.2) is 0 Å². The fourth-order valence-corrected chi connectivity index (χ4v) is 7.44. The Hall–Kier alpha value is -5.50. The van der Waals surface area contributed by atoms with Gasteiger partial charge in [0.25, 0.3) is 0 Å². The zero-order valence-corrected chi connectivity index (χ0v) is 29.4. The largest absolute Gasteiger partial charge is 0.465 e. The fourth-order valence-electron chi connectivity index (χ4n) is 7.44. The van der Waals surface area contributed by atoms with Crippen molar-refractivity contribution in [2.45, 2.75) is 50.6 Å². The van der Waals surface area contributed by atoms with Crippen LogP contribution < -0.4 is 0 Å². The van der Waals surface area contributed by atoms with Gasteiger partial charge in [-0.25, -0.2) is 14.2 Å². The van der Waals surface area contributed by atoms with Crippen molar-refractivity contribution >= 4 is 23.0 Å². The first-order valence-electron chi connectivity index (χ1n) is 17.3. The lowest BCUT2D eigenvalue weighted by Crippen LogP contribution is -2.40. The Kier molecular flexibility index (Phi) is 9.34. The zero-order chi connectivity index (χ0) is 35.6. The number of carbonyl (C=O) groups excluding carboxylic acids is 2. The summed E-state index contributed by atoms with van der Waals surface area (Å²) in [5.74, 6) is -0.524. The predicted molar refractivity (Wildman–Crippen MR) is 199 cm³/mol. The fraction of sp³-hybridized carbons (Fsp3) is 0.227. The van der Waals surface area contributed by atoms with E-state index in [0.29, 0.717) is 35.4 Å². The molecule has 0 amide bonds. The molecule has 2 heterocycles. The molecule has 0 aliphatic carbocycles. The highest BCUT2D eigenvalue weighted by Gasteiger charge is 2.63. The average molecular weight is 679 g/mol. The summed E-state index contributed by atoms with van der Waals surface area (Å²) in [4.78, 5) is 30.7. The van der Waals surface area contributed by atoms with Crippen LogP contribution in [0.3, 0.4) is 0 Å². The Morgan fingerprint density at radius 1 is 0.667 bits per heavy atom. The number of hydrogen-bond donors (Lipinski definition) is 0. The summed E-state index contributed by atoms with van der Waals surface area (Å²) in [6.45, 7) is 6.25. The van der Waals surface area contributed by atoms with Gasteiger partial charge in [0.2, 0.25) is 0 Å². The molecule has 3 atom stereocenters. The molecule has 0 bridgehead atoms. The molecule has 1 aliphatic rings. The molecule has 258 valence electrons. The van der Waals surface area contributed by atoms with Crippen molar-refractivity contribution in [1.29, 1.82) is 0 Å². The molecule has 7 heteroatoms. The molecular formula is C44H42N2O5. The maximum absolute atomic E-state index is 14.4. The lowest BCUT2D eigenvalue weighted by atomic mass is 9.76. The first-order valence-corrected chi connectivity index (χ1v) is 17.3. The van der Waals surface area contributed by atoms with Gasteiger partial charge >= 0.3 is 12.1 Å². The number of hydrogen-bond acceptors (Lipinski definition) is 6. The quantitative estimate of drug-likeness (QED) is 0.0818. The molecule has 0 saturated carbocycles. The molecule has 51 heavy (non-hydrogen) atoms. The number of carbonyl (C=O) groups is 2. The summed E-state index contributed by atoms with van der Waals surface area (Å²) in [7, 11) is 1.37. The molecule has 5 aromatic carbocycles. The second kappa shape index (κ2) is 14.0. The van der Waals surface area contributed by atoms with Gasteiger partial charge in [-0.05, 0) is 49.1 Å². The second-order valence-electron chi connectivity index (χ2n) is 13.8. The summed E-state index contributed by atoms with van der Waals surface area (Å²) < 4.78 is 19.6. The van der Waals surface area contributed by atoms with E-state index in [4.69, 9.17) is 14.2 Å². The van der Waals surface area contributed by atoms with Crippen LogP contribution in [0.1, 0.15) is 65.1 Å². The number of nitrogens with zero attached hydrogens (tertiary/aromatic N) is 2. The topological polar surface area (TPSA) is 69.8 Å². The standard InChI is InChI=1S/C44H42N2O5/c1-43(2,3)51-42(48)45-36-28-18-17-27-35(36)38(41(47)49-4)40(45)39-37(30-50-29-31-19-9-5-10-20-31)46(39)44(32-21-11-6-12-22-32,33-23-13-7-14-24-33)34-25-15-8-16-26-34/h5-28,37,39H,29-30H2,1-4H3/t37-,39-,46?/m0/s1. The molecule has 0 spiro atoms. The van der Waals surface area contributed by atoms with E-state index in [0.717, 1.165) is 22.3 Å². The van der Waals surface area contributed by atoms with Crippen molar-refractivity contribution in [1.82, 2.24) is 9.47 Å². The summed E-state index contributed by atoms with van der Waals surface area (Å²) in [5, 5.41) is 0.616. The molecule has 7 nitrogen and oxygen atoms in total. The van der Waals surface area contributed by atoms with Gasteiger partial charge < -0.3 is 14.2 Å². The maximum Gasteiger partial charge on any atom is 0.419 e. The SMILES string of the molecule is COC(=O)c1c([C@@H]2[C@H](COCc3ccccc3)N2C(c2ccccc2)(c2ccccc2)c2ccccc2)n(C(=O)OC(C)(C)C)c2ccccc12. The molecule has 0 N–H and O–H groups in total. The van der Waals surface area contributed by atoms with Gasteiger partial charge in [-0.2, -0.15) is 0 Å². The highest BCUT2D eigenvalue weighted by molar-refractivity contribution is 6.09. The number of para-hydroxylation sites is 1. The van der Waals surface area contributed by atoms with Crippen LogP contribution in [0.15, 0.2) is 146 Å². The Bertz CT molecular complexity index is 2030. The van der Waals surface area contributed by atoms with Crippen molar-refractivity contribution in [2.75, 3.05) is 13.7 Å². The lowest BCUT2D eigenvalue weighted by molar-refractivity contribution is 0.0537. The van der Waals surface area contributed by atoms with E-state index in [9.17, 15) is 9.59 Å². The van der Waals surface area contributed by atoms with Crippen LogP contribution in [0.2, 0.25) is 0 Å². The van der Waals surface area contributed by atoms with Crippen molar-refractivity contribution in [2.24, 2.45) is 0 Å². The van der Waals surface area contributed by atoms with E-state index >= 15 is 0 Å². The Morgan fingerprint density at radius 3 is 1.67 bits per heavy atom. The van der Waals surface area contributed by atoms with Gasteiger partial charge in [-0.15, -0.1) is 0 Å². The molecule has 6 aromatic rings. The molecule has 0 radical (unpaired) electrons. The number of fused-ring (bicyclic) bond motifs is 1. The van der Waals surface area contributed by atoms with Crippen LogP contribution in [-0.4, -0.2) is 46.9 Å². The number of ether oxygens (including phenoxy) is 3. The summed E-state index contributed by atoms with van der Waals surface area (Å²) in [5.41, 5.74) is 3.96. The van der Waals surface area contributed by atoms with Gasteiger partial charge in [0, 0.05) is 5.39 Å². The minimum Gasteiger partial charge on any atom is -0.465 e. The van der Waals surface area contributed by atoms with Gasteiger partial charge in [0.05, 0.1) is 54.7 Å². The molecule has 1 fully saturated rings. The minimum atomic E-state index is -0.849. The normalized spacial score (nSPS) is 17.2. The summed E-state index contributed by atoms with van der Waals surface area (Å²) in [6, 6.07) is 47.9. The third kappa shape index (κ3) is 6.35. The predicted octanol–water partition coefficient (Wildman–Crippen LogP) is 9.15. The number of rotatable bonds is 10. The van der Waals surface area contributed by atoms with E-state index in [1.165, 1.54) is 7.11 Å². The van der Waals surface area contributed by atoms with Crippen LogP contribution in [0.25, 0.3) is 10.9 Å². The highest BCUT2D eigenvalue weighted by atomic mass is 16.6. The molecule has 1 unspecified atom stereocenters. The zero-order valence-electron chi connectivity index (χ0n) is 29.4. The molecule has 1 aliphatic heterocycles. The van der Waals surface area contributed by atoms with Gasteiger partial charge in [-0.1, -0.05) is 140 Å². The summed E-state index contributed by atoms with van der Waals surface area (Å²) in [6.07, 6.45) is -0.565. The Balaban J connectivity index is 1.51.